The van der Waals surface area contributed by atoms with Gasteiger partial charge in [-0.2, -0.15) is 0 Å². The normalized spacial score (nSPS) is 19.7. The van der Waals surface area contributed by atoms with Crippen molar-refractivity contribution in [3.8, 4) is 0 Å². The molecule has 0 spiro atoms. The number of benzene rings is 2. The fourth-order valence-electron chi connectivity index (χ4n) is 7.94. The van der Waals surface area contributed by atoms with Crippen LogP contribution in [0.4, 0.5) is 0 Å². The van der Waals surface area contributed by atoms with Crippen molar-refractivity contribution in [2.24, 2.45) is 33.5 Å². The summed E-state index contributed by atoms with van der Waals surface area (Å²) in [5, 5.41) is 0. The fraction of sp³-hybridized carbons (Fsp3) is 0.659. The van der Waals surface area contributed by atoms with Gasteiger partial charge < -0.3 is 23.5 Å². The average molecular weight is 732 g/mol. The van der Waals surface area contributed by atoms with Crippen molar-refractivity contribution in [1.82, 2.24) is 0 Å². The minimum Gasteiger partial charge on any atom is -0.510 e. The summed E-state index contributed by atoms with van der Waals surface area (Å²) in [6, 6.07) is 19.2. The highest BCUT2D eigenvalue weighted by molar-refractivity contribution is 6.22. The van der Waals surface area contributed by atoms with Crippen LogP contribution in [-0.4, -0.2) is 45.1 Å². The van der Waals surface area contributed by atoms with Gasteiger partial charge in [-0.05, 0) is 85.2 Å². The molecule has 2 fully saturated rings. The Morgan fingerprint density at radius 1 is 0.774 bits per heavy atom. The predicted octanol–water partition coefficient (Wildman–Crippen LogP) is 9.76. The highest BCUT2D eigenvalue weighted by Gasteiger charge is 2.56. The molecule has 2 aromatic carbocycles. The summed E-state index contributed by atoms with van der Waals surface area (Å²) in [6.45, 7) is 17.6. The minimum atomic E-state index is -1.06. The third-order valence-electron chi connectivity index (χ3n) is 13.0. The van der Waals surface area contributed by atoms with Crippen LogP contribution in [0.5, 0.6) is 0 Å². The van der Waals surface area contributed by atoms with Gasteiger partial charge in [-0.3, -0.25) is 14.4 Å². The molecule has 4 rings (SSSR count). The van der Waals surface area contributed by atoms with E-state index in [1.165, 1.54) is 6.42 Å². The molecule has 9 heteroatoms. The quantitative estimate of drug-likeness (QED) is 0.110. The summed E-state index contributed by atoms with van der Waals surface area (Å²) in [6.07, 6.45) is 8.63. The van der Waals surface area contributed by atoms with E-state index < -0.39 is 45.8 Å². The molecule has 1 aliphatic carbocycles. The van der Waals surface area contributed by atoms with Crippen LogP contribution in [-0.2, 0) is 44.5 Å². The maximum absolute atomic E-state index is 14.7. The molecule has 291 valence electrons. The first kappa shape index (κ1) is 42.6. The van der Waals surface area contributed by atoms with E-state index in [0.717, 1.165) is 63.8 Å². The van der Waals surface area contributed by atoms with E-state index in [2.05, 4.69) is 41.5 Å². The smallest absolute Gasteiger partial charge is 0.510 e. The van der Waals surface area contributed by atoms with Crippen LogP contribution >= 0.6 is 0 Å². The first-order valence-corrected chi connectivity index (χ1v) is 19.8. The standard InChI is InChI=1S/C44H64BO8/c1-32(38(46)50-29-33-20-12-9-13-21-33)43(6,7)42(4,5)31-44(8,40(48)51-30-34-22-14-10-15-23-34)41(2,3)28-36(35-24-16-11-17-25-35)39(47)53-45-52-37-26-18-19-27-49-37/h9,11-13,16-17,20-21,24-25,32,34,36-37H,10,14-15,18-19,22-23,26-31H2,1-8H3. The van der Waals surface area contributed by atoms with Crippen LogP contribution in [0.15, 0.2) is 60.7 Å². The zero-order valence-corrected chi connectivity index (χ0v) is 33.6. The maximum Gasteiger partial charge on any atom is 0.576 e. The maximum atomic E-state index is 14.7. The van der Waals surface area contributed by atoms with Gasteiger partial charge in [0.15, 0.2) is 0 Å². The Labute approximate surface area is 319 Å². The molecule has 4 unspecified atom stereocenters. The number of rotatable bonds is 18. The zero-order chi connectivity index (χ0) is 38.7. The Bertz CT molecular complexity index is 1450. The van der Waals surface area contributed by atoms with Crippen molar-refractivity contribution in [3.63, 3.8) is 0 Å². The van der Waals surface area contributed by atoms with Gasteiger partial charge in [0.1, 0.15) is 12.9 Å². The lowest BCUT2D eigenvalue weighted by Gasteiger charge is -2.52. The van der Waals surface area contributed by atoms with Gasteiger partial charge >= 0.3 is 19.6 Å². The summed E-state index contributed by atoms with van der Waals surface area (Å²) >= 11 is 0. The number of ether oxygens (including phenoxy) is 3. The second-order valence-electron chi connectivity index (χ2n) is 17.5. The van der Waals surface area contributed by atoms with Crippen LogP contribution in [0.2, 0.25) is 0 Å². The minimum absolute atomic E-state index is 0.200. The fourth-order valence-corrected chi connectivity index (χ4v) is 7.94. The van der Waals surface area contributed by atoms with E-state index in [1.54, 1.807) is 0 Å². The number of carbonyl (C=O) groups is 3. The van der Waals surface area contributed by atoms with E-state index in [1.807, 2.05) is 74.5 Å². The lowest BCUT2D eigenvalue weighted by Crippen LogP contribution is -2.52. The highest BCUT2D eigenvalue weighted by atomic mass is 16.7. The summed E-state index contributed by atoms with van der Waals surface area (Å²) in [7, 11) is 1.10. The van der Waals surface area contributed by atoms with Crippen molar-refractivity contribution in [3.05, 3.63) is 71.8 Å². The Kier molecular flexibility index (Phi) is 15.2. The molecule has 1 saturated heterocycles. The highest BCUT2D eigenvalue weighted by Crippen LogP contribution is 2.58. The molecule has 0 bridgehead atoms. The molecule has 8 nitrogen and oxygen atoms in total. The van der Waals surface area contributed by atoms with Gasteiger partial charge in [0.2, 0.25) is 0 Å². The van der Waals surface area contributed by atoms with Gasteiger partial charge in [0, 0.05) is 6.61 Å². The molecule has 53 heavy (non-hydrogen) atoms. The number of esters is 2. The Morgan fingerprint density at radius 3 is 2.02 bits per heavy atom. The van der Waals surface area contributed by atoms with Crippen molar-refractivity contribution in [2.75, 3.05) is 13.2 Å². The summed E-state index contributed by atoms with van der Waals surface area (Å²) < 4.78 is 29.0. The van der Waals surface area contributed by atoms with Crippen molar-refractivity contribution < 1.29 is 37.9 Å². The second kappa shape index (κ2) is 18.9. The van der Waals surface area contributed by atoms with Crippen molar-refractivity contribution in [2.45, 2.75) is 138 Å². The Balaban J connectivity index is 1.59. The largest absolute Gasteiger partial charge is 0.576 e. The van der Waals surface area contributed by atoms with Crippen LogP contribution in [0, 0.1) is 33.5 Å². The summed E-state index contributed by atoms with van der Waals surface area (Å²) in [5.41, 5.74) is -1.25. The lowest BCUT2D eigenvalue weighted by atomic mass is 9.51. The second-order valence-corrected chi connectivity index (χ2v) is 17.5. The molecule has 1 heterocycles. The van der Waals surface area contributed by atoms with Crippen molar-refractivity contribution in [1.29, 1.82) is 0 Å². The topological polar surface area (TPSA) is 97.4 Å². The number of carbonyl (C=O) groups excluding carboxylic acids is 3. The van der Waals surface area contributed by atoms with Gasteiger partial charge in [0.05, 0.1) is 23.9 Å². The van der Waals surface area contributed by atoms with Crippen LogP contribution < -0.4 is 0 Å². The molecule has 1 aliphatic heterocycles. The molecule has 0 amide bonds. The van der Waals surface area contributed by atoms with Crippen molar-refractivity contribution >= 4 is 25.6 Å². The van der Waals surface area contributed by atoms with E-state index in [9.17, 15) is 14.4 Å². The SMILES string of the molecule is CC(C(=O)OCc1ccccc1)C(C)(C)C(C)(C)CC(C)(C(=O)OCC1CCCCC1)C(C)(C)CC(C(=O)O[B]OC1CCCCO1)c1ccccc1. The van der Waals surface area contributed by atoms with Crippen LogP contribution in [0.25, 0.3) is 0 Å². The summed E-state index contributed by atoms with van der Waals surface area (Å²) in [4.78, 5) is 42.2. The zero-order valence-electron chi connectivity index (χ0n) is 33.6. The molecule has 0 aromatic heterocycles. The number of hydrogen-bond donors (Lipinski definition) is 0. The van der Waals surface area contributed by atoms with E-state index in [0.29, 0.717) is 32.0 Å². The summed E-state index contributed by atoms with van der Waals surface area (Å²) in [5.74, 6) is -1.83. The monoisotopic (exact) mass is 731 g/mol. The number of hydrogen-bond acceptors (Lipinski definition) is 8. The molecule has 2 aliphatic rings. The van der Waals surface area contributed by atoms with E-state index in [4.69, 9.17) is 23.5 Å². The molecule has 4 atom stereocenters. The Hall–Kier alpha value is -3.17. The van der Waals surface area contributed by atoms with E-state index in [-0.39, 0.29) is 18.5 Å². The molecular formula is C44H64BO8. The van der Waals surface area contributed by atoms with E-state index >= 15 is 0 Å². The molecule has 0 N–H and O–H groups in total. The first-order chi connectivity index (χ1) is 25.1. The predicted molar refractivity (Wildman–Crippen MR) is 207 cm³/mol. The van der Waals surface area contributed by atoms with Crippen LogP contribution in [0.3, 0.4) is 0 Å². The lowest BCUT2D eigenvalue weighted by molar-refractivity contribution is -0.174. The van der Waals surface area contributed by atoms with Crippen LogP contribution in [0.1, 0.15) is 137 Å². The van der Waals surface area contributed by atoms with Gasteiger partial charge in [-0.15, -0.1) is 0 Å². The van der Waals surface area contributed by atoms with Gasteiger partial charge in [-0.1, -0.05) is 128 Å². The Morgan fingerprint density at radius 2 is 1.40 bits per heavy atom. The van der Waals surface area contributed by atoms with Gasteiger partial charge in [-0.25, -0.2) is 0 Å². The molecular weight excluding hydrogens is 667 g/mol. The third-order valence-corrected chi connectivity index (χ3v) is 13.0. The molecule has 1 radical (unpaired) electrons. The molecule has 2 aromatic rings. The average Bonchev–Trinajstić information content (AvgIpc) is 3.15. The third kappa shape index (κ3) is 11.2. The molecule has 1 saturated carbocycles. The first-order valence-electron chi connectivity index (χ1n) is 19.8. The van der Waals surface area contributed by atoms with Gasteiger partial charge in [0.25, 0.3) is 5.97 Å².